The third-order valence-electron chi connectivity index (χ3n) is 6.96. The monoisotopic (exact) mass is 511 g/mol. The third kappa shape index (κ3) is 4.00. The predicted octanol–water partition coefficient (Wildman–Crippen LogP) is 3.38. The predicted molar refractivity (Wildman–Crippen MR) is 140 cm³/mol. The summed E-state index contributed by atoms with van der Waals surface area (Å²) >= 11 is 0. The first-order valence-corrected chi connectivity index (χ1v) is 12.2. The first-order chi connectivity index (χ1) is 18.5. The highest BCUT2D eigenvalue weighted by Crippen LogP contribution is 2.36. The Bertz CT molecular complexity index is 1570. The minimum absolute atomic E-state index is 0.118. The molecular weight excluding hydrogens is 486 g/mol. The van der Waals surface area contributed by atoms with Crippen LogP contribution in [0.4, 0.5) is 10.5 Å². The van der Waals surface area contributed by atoms with Crippen molar-refractivity contribution in [2.45, 2.75) is 18.5 Å². The van der Waals surface area contributed by atoms with Gasteiger partial charge in [-0.25, -0.2) is 9.78 Å². The number of nitrogens with zero attached hydrogens (tertiary/aromatic N) is 2. The highest BCUT2D eigenvalue weighted by molar-refractivity contribution is 6.08. The van der Waals surface area contributed by atoms with E-state index in [0.717, 1.165) is 23.2 Å². The molecule has 10 heteroatoms. The fourth-order valence-electron chi connectivity index (χ4n) is 4.98. The molecule has 4 amide bonds. The summed E-state index contributed by atoms with van der Waals surface area (Å²) < 4.78 is 11.3. The molecule has 3 N–H and O–H groups in total. The van der Waals surface area contributed by atoms with Gasteiger partial charge >= 0.3 is 6.03 Å². The number of allylic oxidation sites excluding steroid dienone is 4. The number of aromatic nitrogens is 1. The zero-order valence-electron chi connectivity index (χ0n) is 20.6. The van der Waals surface area contributed by atoms with Crippen LogP contribution in [0.3, 0.4) is 0 Å². The highest BCUT2D eigenvalue weighted by atomic mass is 16.5. The fourth-order valence-corrected chi connectivity index (χ4v) is 4.98. The zero-order chi connectivity index (χ0) is 26.3. The van der Waals surface area contributed by atoms with E-state index in [1.165, 1.54) is 12.0 Å². The van der Waals surface area contributed by atoms with Crippen LogP contribution in [0.25, 0.3) is 11.1 Å². The van der Waals surface area contributed by atoms with E-state index in [9.17, 15) is 14.4 Å². The van der Waals surface area contributed by atoms with E-state index in [0.29, 0.717) is 29.0 Å². The van der Waals surface area contributed by atoms with Crippen LogP contribution in [0.15, 0.2) is 76.9 Å². The lowest BCUT2D eigenvalue weighted by Gasteiger charge is -2.28. The Morgan fingerprint density at radius 3 is 2.89 bits per heavy atom. The summed E-state index contributed by atoms with van der Waals surface area (Å²) in [7, 11) is 1.53. The van der Waals surface area contributed by atoms with E-state index in [1.54, 1.807) is 24.4 Å². The van der Waals surface area contributed by atoms with Crippen LogP contribution in [-0.4, -0.2) is 47.9 Å². The van der Waals surface area contributed by atoms with Gasteiger partial charge in [0.15, 0.2) is 5.54 Å². The Balaban J connectivity index is 1.33. The van der Waals surface area contributed by atoms with Crippen LogP contribution < -0.4 is 20.7 Å². The SMILES string of the molecule is COc1ccc2c(c1)C(=O)N(C[C@@]1(c3cc4c(NCC5=CC=CCC=C5)ccnc4o3)NC(=O)NC1=O)C2. The third-order valence-corrected chi connectivity index (χ3v) is 6.96. The number of amides is 4. The van der Waals surface area contributed by atoms with Crippen molar-refractivity contribution in [1.29, 1.82) is 0 Å². The molecule has 1 fully saturated rings. The van der Waals surface area contributed by atoms with Gasteiger partial charge in [-0.1, -0.05) is 36.4 Å². The van der Waals surface area contributed by atoms with Crippen molar-refractivity contribution in [3.8, 4) is 5.75 Å². The van der Waals surface area contributed by atoms with Gasteiger partial charge in [-0.2, -0.15) is 0 Å². The van der Waals surface area contributed by atoms with E-state index >= 15 is 0 Å². The molecule has 1 aliphatic carbocycles. The maximum Gasteiger partial charge on any atom is 0.322 e. The first kappa shape index (κ1) is 23.5. The lowest BCUT2D eigenvalue weighted by molar-refractivity contribution is -0.125. The molecular formula is C28H25N5O5. The summed E-state index contributed by atoms with van der Waals surface area (Å²) in [6, 6.07) is 8.15. The van der Waals surface area contributed by atoms with Crippen molar-refractivity contribution >= 4 is 34.6 Å². The van der Waals surface area contributed by atoms with E-state index < -0.39 is 17.5 Å². The van der Waals surface area contributed by atoms with Gasteiger partial charge in [0.05, 0.1) is 19.0 Å². The Morgan fingerprint density at radius 2 is 2.08 bits per heavy atom. The molecule has 1 atom stereocenters. The molecule has 1 saturated heterocycles. The number of nitrogens with one attached hydrogen (secondary N) is 3. The summed E-state index contributed by atoms with van der Waals surface area (Å²) in [5, 5.41) is 9.08. The Hall–Kier alpha value is -4.86. The highest BCUT2D eigenvalue weighted by Gasteiger charge is 2.53. The number of carbonyl (C=O) groups excluding carboxylic acids is 3. The molecule has 2 aromatic heterocycles. The lowest BCUT2D eigenvalue weighted by Crippen LogP contribution is -2.52. The second-order valence-corrected chi connectivity index (χ2v) is 9.35. The maximum absolute atomic E-state index is 13.3. The van der Waals surface area contributed by atoms with Gasteiger partial charge in [-0.3, -0.25) is 14.9 Å². The van der Waals surface area contributed by atoms with Crippen LogP contribution in [0.5, 0.6) is 5.75 Å². The van der Waals surface area contributed by atoms with E-state index in [2.05, 4.69) is 39.2 Å². The lowest BCUT2D eigenvalue weighted by atomic mass is 9.95. The van der Waals surface area contributed by atoms with Crippen molar-refractivity contribution < 1.29 is 23.5 Å². The number of anilines is 1. The Labute approximate surface area is 218 Å². The average Bonchev–Trinajstić information content (AvgIpc) is 3.49. The normalized spacial score (nSPS) is 20.3. The quantitative estimate of drug-likeness (QED) is 0.415. The molecule has 0 spiro atoms. The molecule has 4 heterocycles. The van der Waals surface area contributed by atoms with E-state index in [-0.39, 0.29) is 24.8 Å². The van der Waals surface area contributed by atoms with Crippen molar-refractivity contribution in [2.75, 3.05) is 25.5 Å². The molecule has 0 unspecified atom stereocenters. The number of hydrogen-bond donors (Lipinski definition) is 3. The molecule has 0 radical (unpaired) electrons. The van der Waals surface area contributed by atoms with Crippen molar-refractivity contribution in [1.82, 2.24) is 20.5 Å². The molecule has 1 aromatic carbocycles. The molecule has 3 aromatic rings. The topological polar surface area (TPSA) is 126 Å². The number of furan rings is 1. The summed E-state index contributed by atoms with van der Waals surface area (Å²) in [5.41, 5.74) is 1.88. The van der Waals surface area contributed by atoms with Crippen LogP contribution >= 0.6 is 0 Å². The molecule has 192 valence electrons. The number of methoxy groups -OCH3 is 1. The van der Waals surface area contributed by atoms with Gasteiger partial charge in [0.2, 0.25) is 5.71 Å². The number of rotatable bonds is 7. The summed E-state index contributed by atoms with van der Waals surface area (Å²) in [6.07, 6.45) is 12.8. The number of imide groups is 1. The Morgan fingerprint density at radius 1 is 1.18 bits per heavy atom. The number of pyridine rings is 1. The number of ether oxygens (including phenoxy) is 1. The van der Waals surface area contributed by atoms with Gasteiger partial charge < -0.3 is 24.7 Å². The summed E-state index contributed by atoms with van der Waals surface area (Å²) in [4.78, 5) is 44.7. The van der Waals surface area contributed by atoms with E-state index in [1.807, 2.05) is 24.3 Å². The summed E-state index contributed by atoms with van der Waals surface area (Å²) in [6.45, 7) is 0.741. The van der Waals surface area contributed by atoms with Gasteiger partial charge in [-0.05, 0) is 41.8 Å². The maximum atomic E-state index is 13.3. The van der Waals surface area contributed by atoms with Gasteiger partial charge in [-0.15, -0.1) is 0 Å². The van der Waals surface area contributed by atoms with E-state index in [4.69, 9.17) is 9.15 Å². The van der Waals surface area contributed by atoms with Crippen LogP contribution in [-0.2, 0) is 16.9 Å². The number of hydrogen-bond acceptors (Lipinski definition) is 7. The average molecular weight is 512 g/mol. The number of urea groups is 1. The molecule has 3 aliphatic rings. The summed E-state index contributed by atoms with van der Waals surface area (Å²) in [5.74, 6) is -0.105. The van der Waals surface area contributed by atoms with Crippen LogP contribution in [0.1, 0.15) is 28.1 Å². The molecule has 6 rings (SSSR count). The number of carbonyl (C=O) groups is 3. The molecule has 0 saturated carbocycles. The van der Waals surface area contributed by atoms with Crippen molar-refractivity contribution in [2.24, 2.45) is 0 Å². The molecule has 38 heavy (non-hydrogen) atoms. The second kappa shape index (κ2) is 9.22. The smallest absolute Gasteiger partial charge is 0.322 e. The molecule has 10 nitrogen and oxygen atoms in total. The van der Waals surface area contributed by atoms with Gasteiger partial charge in [0, 0.05) is 30.5 Å². The molecule has 0 bridgehead atoms. The molecule has 2 aliphatic heterocycles. The van der Waals surface area contributed by atoms with Crippen molar-refractivity contribution in [3.05, 3.63) is 89.4 Å². The zero-order valence-corrected chi connectivity index (χ0v) is 20.6. The van der Waals surface area contributed by atoms with Crippen LogP contribution in [0, 0.1) is 0 Å². The number of benzene rings is 1. The van der Waals surface area contributed by atoms with Gasteiger partial charge in [0.25, 0.3) is 11.8 Å². The second-order valence-electron chi connectivity index (χ2n) is 9.35. The first-order valence-electron chi connectivity index (χ1n) is 12.2. The van der Waals surface area contributed by atoms with Gasteiger partial charge in [0.1, 0.15) is 11.5 Å². The minimum atomic E-state index is -1.62. The standard InChI is InChI=1S/C28H25N5O5/c1-37-19-9-8-18-15-33(25(34)20(18)12-19)16-28(26(35)31-27(36)32-28)23-13-21-22(10-11-29-24(21)38-23)30-14-17-6-4-2-3-5-7-17/h2,4-13H,3,14-16H2,1H3,(H,29,30)(H2,31,32,35,36)/t28-/m0/s1. The fraction of sp³-hybridized carbons (Fsp3) is 0.214. The van der Waals surface area contributed by atoms with Crippen molar-refractivity contribution in [3.63, 3.8) is 0 Å². The number of fused-ring (bicyclic) bond motifs is 2. The van der Waals surface area contributed by atoms with Crippen LogP contribution in [0.2, 0.25) is 0 Å². The Kier molecular flexibility index (Phi) is 5.71. The minimum Gasteiger partial charge on any atom is -0.497 e. The largest absolute Gasteiger partial charge is 0.497 e.